The summed E-state index contributed by atoms with van der Waals surface area (Å²) in [4.78, 5) is 24.1. The lowest BCUT2D eigenvalue weighted by molar-refractivity contribution is -0.149. The molecule has 0 spiro atoms. The normalized spacial score (nSPS) is 13.1. The lowest BCUT2D eigenvalue weighted by atomic mass is 9.93. The minimum absolute atomic E-state index is 0.0403. The third-order valence-corrected chi connectivity index (χ3v) is 3.97. The molecule has 0 saturated carbocycles. The topological polar surface area (TPSA) is 43.4 Å². The molecule has 0 fully saturated rings. The maximum Gasteiger partial charge on any atom is 0.323 e. The van der Waals surface area contributed by atoms with E-state index >= 15 is 0 Å². The fraction of sp³-hybridized carbons (Fsp3) is 0.263. The maximum atomic E-state index is 12.5. The number of carbonyl (C=O) groups is 2. The highest BCUT2D eigenvalue weighted by molar-refractivity contribution is 7.82. The van der Waals surface area contributed by atoms with Crippen molar-refractivity contribution in [3.05, 3.63) is 71.8 Å². The molecule has 1 atom stereocenters. The molecule has 0 aromatic heterocycles. The van der Waals surface area contributed by atoms with Crippen LogP contribution in [0.15, 0.2) is 60.7 Å². The average molecular weight is 328 g/mol. The molecule has 3 nitrogen and oxygen atoms in total. The van der Waals surface area contributed by atoms with Crippen molar-refractivity contribution in [2.75, 3.05) is 0 Å². The van der Waals surface area contributed by atoms with Crippen molar-refractivity contribution >= 4 is 24.4 Å². The fourth-order valence-corrected chi connectivity index (χ4v) is 2.88. The van der Waals surface area contributed by atoms with E-state index in [2.05, 4.69) is 12.6 Å². The fourth-order valence-electron chi connectivity index (χ4n) is 2.41. The molecule has 0 saturated heterocycles. The Morgan fingerprint density at radius 2 is 1.48 bits per heavy atom. The summed E-state index contributed by atoms with van der Waals surface area (Å²) in [6, 6.07) is 19.0. The molecule has 0 N–H and O–H groups in total. The Balaban J connectivity index is 2.09. The number of esters is 1. The number of benzene rings is 2. The second-order valence-corrected chi connectivity index (χ2v) is 6.49. The number of rotatable bonds is 7. The first-order valence-electron chi connectivity index (χ1n) is 7.46. The van der Waals surface area contributed by atoms with E-state index in [9.17, 15) is 9.59 Å². The number of Topliss-reactive ketones (excluding diaryl/α,β-unsaturated/α-hetero) is 1. The molecule has 0 bridgehead atoms. The summed E-state index contributed by atoms with van der Waals surface area (Å²) in [5.41, 5.74) is 1.85. The van der Waals surface area contributed by atoms with Crippen LogP contribution in [-0.2, 0) is 27.4 Å². The minimum atomic E-state index is -1.15. The lowest BCUT2D eigenvalue weighted by Crippen LogP contribution is -2.38. The summed E-state index contributed by atoms with van der Waals surface area (Å²) in [6.07, 6.45) is 0.392. The molecule has 2 aromatic rings. The molecule has 0 amide bonds. The first-order valence-corrected chi connectivity index (χ1v) is 7.91. The van der Waals surface area contributed by atoms with Gasteiger partial charge in [-0.05, 0) is 24.5 Å². The monoisotopic (exact) mass is 328 g/mol. The van der Waals surface area contributed by atoms with Crippen molar-refractivity contribution in [3.8, 4) is 0 Å². The second-order valence-electron chi connectivity index (χ2n) is 5.63. The largest absolute Gasteiger partial charge is 0.460 e. The molecule has 0 aliphatic carbocycles. The number of ketones is 1. The molecular formula is C19H20O3S. The van der Waals surface area contributed by atoms with Gasteiger partial charge in [-0.2, -0.15) is 12.6 Å². The van der Waals surface area contributed by atoms with E-state index in [-0.39, 0.29) is 18.8 Å². The van der Waals surface area contributed by atoms with E-state index in [0.29, 0.717) is 6.42 Å². The maximum absolute atomic E-state index is 12.5. The van der Waals surface area contributed by atoms with Crippen molar-refractivity contribution in [1.82, 2.24) is 0 Å². The van der Waals surface area contributed by atoms with Gasteiger partial charge in [0, 0.05) is 6.42 Å². The van der Waals surface area contributed by atoms with Gasteiger partial charge < -0.3 is 4.74 Å². The van der Waals surface area contributed by atoms with Gasteiger partial charge in [0.15, 0.2) is 0 Å². The quantitative estimate of drug-likeness (QED) is 0.623. The molecular weight excluding hydrogens is 308 g/mol. The minimum Gasteiger partial charge on any atom is -0.460 e. The number of carbonyl (C=O) groups excluding carboxylic acids is 2. The van der Waals surface area contributed by atoms with Crippen LogP contribution in [-0.4, -0.2) is 16.5 Å². The van der Waals surface area contributed by atoms with Crippen molar-refractivity contribution in [3.63, 3.8) is 0 Å². The first kappa shape index (κ1) is 17.3. The van der Waals surface area contributed by atoms with E-state index in [4.69, 9.17) is 4.74 Å². The van der Waals surface area contributed by atoms with Gasteiger partial charge in [0.2, 0.25) is 0 Å². The van der Waals surface area contributed by atoms with Gasteiger partial charge in [-0.15, -0.1) is 0 Å². The molecule has 1 unspecified atom stereocenters. The lowest BCUT2D eigenvalue weighted by Gasteiger charge is -2.25. The smallest absolute Gasteiger partial charge is 0.323 e. The van der Waals surface area contributed by atoms with Gasteiger partial charge in [0.25, 0.3) is 0 Å². The van der Waals surface area contributed by atoms with Crippen LogP contribution in [0.4, 0.5) is 0 Å². The Morgan fingerprint density at radius 3 is 2.00 bits per heavy atom. The summed E-state index contributed by atoms with van der Waals surface area (Å²) in [5, 5.41) is 0. The number of hydrogen-bond acceptors (Lipinski definition) is 4. The van der Waals surface area contributed by atoms with Crippen molar-refractivity contribution in [2.45, 2.75) is 31.1 Å². The molecule has 120 valence electrons. The molecule has 0 aliphatic rings. The van der Waals surface area contributed by atoms with Gasteiger partial charge in [-0.25, -0.2) is 0 Å². The van der Waals surface area contributed by atoms with Crippen LogP contribution in [0.2, 0.25) is 0 Å². The van der Waals surface area contributed by atoms with Gasteiger partial charge in [0.05, 0.1) is 0 Å². The molecule has 2 aromatic carbocycles. The summed E-state index contributed by atoms with van der Waals surface area (Å²) >= 11 is 4.52. The highest BCUT2D eigenvalue weighted by atomic mass is 32.1. The zero-order valence-electron chi connectivity index (χ0n) is 13.1. The number of thiol groups is 1. The Hall–Kier alpha value is -2.07. The molecule has 2 rings (SSSR count). The third-order valence-electron chi connectivity index (χ3n) is 3.47. The Kier molecular flexibility index (Phi) is 5.99. The molecule has 0 radical (unpaired) electrons. The van der Waals surface area contributed by atoms with Crippen LogP contribution in [0, 0.1) is 0 Å². The van der Waals surface area contributed by atoms with E-state index in [1.807, 2.05) is 60.7 Å². The van der Waals surface area contributed by atoms with E-state index in [0.717, 1.165) is 11.1 Å². The van der Waals surface area contributed by atoms with Gasteiger partial charge in [-0.3, -0.25) is 9.59 Å². The SMILES string of the molecule is CC(=O)CC(S)(Cc1ccccc1)C(=O)OCc1ccccc1. The van der Waals surface area contributed by atoms with Crippen LogP contribution >= 0.6 is 12.6 Å². The zero-order valence-corrected chi connectivity index (χ0v) is 14.0. The van der Waals surface area contributed by atoms with Gasteiger partial charge in [0.1, 0.15) is 17.1 Å². The Bertz CT molecular complexity index is 655. The van der Waals surface area contributed by atoms with Crippen LogP contribution < -0.4 is 0 Å². The van der Waals surface area contributed by atoms with Crippen molar-refractivity contribution in [2.24, 2.45) is 0 Å². The standard InChI is InChI=1S/C19H20O3S/c1-15(20)12-19(23,13-16-8-4-2-5-9-16)18(21)22-14-17-10-6-3-7-11-17/h2-11,23H,12-14H2,1H3. The van der Waals surface area contributed by atoms with E-state index < -0.39 is 10.7 Å². The summed E-state index contributed by atoms with van der Waals surface area (Å²) in [5.74, 6) is -0.559. The molecule has 0 aliphatic heterocycles. The molecule has 4 heteroatoms. The van der Waals surface area contributed by atoms with Gasteiger partial charge in [-0.1, -0.05) is 60.7 Å². The highest BCUT2D eigenvalue weighted by Crippen LogP contribution is 2.27. The van der Waals surface area contributed by atoms with Crippen LogP contribution in [0.1, 0.15) is 24.5 Å². The first-order chi connectivity index (χ1) is 11.0. The van der Waals surface area contributed by atoms with Crippen LogP contribution in [0.25, 0.3) is 0 Å². The van der Waals surface area contributed by atoms with Gasteiger partial charge >= 0.3 is 5.97 Å². The number of hydrogen-bond donors (Lipinski definition) is 1. The van der Waals surface area contributed by atoms with Crippen molar-refractivity contribution < 1.29 is 14.3 Å². The Labute approximate surface area is 142 Å². The Morgan fingerprint density at radius 1 is 0.957 bits per heavy atom. The predicted molar refractivity (Wildman–Crippen MR) is 93.4 cm³/mol. The zero-order chi connectivity index (χ0) is 16.7. The summed E-state index contributed by atoms with van der Waals surface area (Å²) < 4.78 is 4.25. The van der Waals surface area contributed by atoms with Crippen molar-refractivity contribution in [1.29, 1.82) is 0 Å². The van der Waals surface area contributed by atoms with E-state index in [1.165, 1.54) is 6.92 Å². The van der Waals surface area contributed by atoms with E-state index in [1.54, 1.807) is 0 Å². The van der Waals surface area contributed by atoms with Crippen LogP contribution in [0.3, 0.4) is 0 Å². The number of ether oxygens (including phenoxy) is 1. The summed E-state index contributed by atoms with van der Waals surface area (Å²) in [7, 11) is 0. The second kappa shape index (κ2) is 7.97. The average Bonchev–Trinajstić information content (AvgIpc) is 2.53. The summed E-state index contributed by atoms with van der Waals surface area (Å²) in [6.45, 7) is 1.63. The molecule has 23 heavy (non-hydrogen) atoms. The van der Waals surface area contributed by atoms with Crippen LogP contribution in [0.5, 0.6) is 0 Å². The molecule has 0 heterocycles. The highest BCUT2D eigenvalue weighted by Gasteiger charge is 2.37. The third kappa shape index (κ3) is 5.25. The predicted octanol–water partition coefficient (Wildman–Crippen LogP) is 3.62.